The Hall–Kier alpha value is -2.59. The molecule has 4 heteroatoms. The minimum absolute atomic E-state index is 0.406. The van der Waals surface area contributed by atoms with Crippen molar-refractivity contribution in [1.82, 2.24) is 14.7 Å². The number of nitrogens with one attached hydrogen (secondary N) is 1. The van der Waals surface area contributed by atoms with E-state index in [1.54, 1.807) is 0 Å². The molecular weight excluding hydrogens is 356 g/mol. The number of hydrogen-bond acceptors (Lipinski definition) is 3. The number of nitrogens with zero attached hydrogens (tertiary/aromatic N) is 3. The molecular formula is C25H30N4. The van der Waals surface area contributed by atoms with Gasteiger partial charge in [-0.1, -0.05) is 48.9 Å². The van der Waals surface area contributed by atoms with Crippen LogP contribution in [0.15, 0.2) is 48.5 Å². The van der Waals surface area contributed by atoms with E-state index in [1.807, 2.05) is 0 Å². The van der Waals surface area contributed by atoms with E-state index in [0.29, 0.717) is 6.04 Å². The van der Waals surface area contributed by atoms with Gasteiger partial charge in [-0.05, 0) is 62.4 Å². The SMILES string of the molecule is Cc1ccc(C)c(-n2nc(C3CCCCN3Cc3ccccc3)c3c2NCC3)c1. The van der Waals surface area contributed by atoms with Gasteiger partial charge in [-0.3, -0.25) is 4.90 Å². The molecule has 1 saturated heterocycles. The molecule has 0 amide bonds. The van der Waals surface area contributed by atoms with Crippen LogP contribution in [0.1, 0.15) is 53.3 Å². The molecule has 2 aliphatic rings. The lowest BCUT2D eigenvalue weighted by Gasteiger charge is -2.35. The van der Waals surface area contributed by atoms with Crippen molar-refractivity contribution < 1.29 is 0 Å². The number of piperidine rings is 1. The highest BCUT2D eigenvalue weighted by molar-refractivity contribution is 5.59. The van der Waals surface area contributed by atoms with Crippen molar-refractivity contribution in [2.45, 2.75) is 52.1 Å². The molecule has 0 radical (unpaired) electrons. The summed E-state index contributed by atoms with van der Waals surface area (Å²) in [5.41, 5.74) is 7.86. The number of anilines is 1. The lowest BCUT2D eigenvalue weighted by atomic mass is 9.95. The molecule has 0 saturated carbocycles. The van der Waals surface area contributed by atoms with Gasteiger partial charge in [-0.25, -0.2) is 4.68 Å². The number of fused-ring (bicyclic) bond motifs is 1. The fourth-order valence-corrected chi connectivity index (χ4v) is 4.90. The van der Waals surface area contributed by atoms with E-state index in [0.717, 1.165) is 26.1 Å². The van der Waals surface area contributed by atoms with Crippen molar-refractivity contribution in [2.24, 2.45) is 0 Å². The largest absolute Gasteiger partial charge is 0.369 e. The van der Waals surface area contributed by atoms with Gasteiger partial charge in [0.2, 0.25) is 0 Å². The topological polar surface area (TPSA) is 33.1 Å². The highest BCUT2D eigenvalue weighted by atomic mass is 15.4. The molecule has 29 heavy (non-hydrogen) atoms. The van der Waals surface area contributed by atoms with Crippen LogP contribution < -0.4 is 5.32 Å². The number of aryl methyl sites for hydroxylation is 2. The van der Waals surface area contributed by atoms with Crippen LogP contribution in [0.2, 0.25) is 0 Å². The van der Waals surface area contributed by atoms with Crippen LogP contribution in [-0.4, -0.2) is 27.8 Å². The summed E-state index contributed by atoms with van der Waals surface area (Å²) >= 11 is 0. The van der Waals surface area contributed by atoms with Crippen molar-refractivity contribution >= 4 is 5.82 Å². The van der Waals surface area contributed by atoms with Gasteiger partial charge < -0.3 is 5.32 Å². The van der Waals surface area contributed by atoms with E-state index in [-0.39, 0.29) is 0 Å². The summed E-state index contributed by atoms with van der Waals surface area (Å²) in [5.74, 6) is 1.21. The number of rotatable bonds is 4. The van der Waals surface area contributed by atoms with Crippen LogP contribution in [0, 0.1) is 13.8 Å². The normalized spacial score (nSPS) is 19.2. The molecule has 0 spiro atoms. The van der Waals surface area contributed by atoms with E-state index in [4.69, 9.17) is 5.10 Å². The van der Waals surface area contributed by atoms with Gasteiger partial charge in [-0.2, -0.15) is 5.10 Å². The summed E-state index contributed by atoms with van der Waals surface area (Å²) in [6, 6.07) is 17.9. The molecule has 2 aromatic carbocycles. The minimum Gasteiger partial charge on any atom is -0.369 e. The first-order valence-corrected chi connectivity index (χ1v) is 10.9. The molecule has 3 heterocycles. The van der Waals surface area contributed by atoms with E-state index in [1.165, 1.54) is 58.7 Å². The van der Waals surface area contributed by atoms with Crippen LogP contribution in [0.4, 0.5) is 5.82 Å². The van der Waals surface area contributed by atoms with Crippen molar-refractivity contribution in [3.8, 4) is 5.69 Å². The maximum atomic E-state index is 5.23. The van der Waals surface area contributed by atoms with E-state index in [9.17, 15) is 0 Å². The Morgan fingerprint density at radius 1 is 1.07 bits per heavy atom. The Morgan fingerprint density at radius 3 is 2.79 bits per heavy atom. The molecule has 1 fully saturated rings. The Kier molecular flexibility index (Phi) is 4.88. The molecule has 150 valence electrons. The zero-order chi connectivity index (χ0) is 19.8. The number of likely N-dealkylation sites (tertiary alicyclic amines) is 1. The molecule has 1 unspecified atom stereocenters. The first-order chi connectivity index (χ1) is 14.2. The fourth-order valence-electron chi connectivity index (χ4n) is 4.90. The maximum Gasteiger partial charge on any atom is 0.133 e. The predicted molar refractivity (Wildman–Crippen MR) is 119 cm³/mol. The zero-order valence-corrected chi connectivity index (χ0v) is 17.5. The molecule has 0 bridgehead atoms. The first kappa shape index (κ1) is 18.4. The summed E-state index contributed by atoms with van der Waals surface area (Å²) in [6.07, 6.45) is 4.84. The Bertz CT molecular complexity index is 1010. The van der Waals surface area contributed by atoms with Crippen molar-refractivity contribution in [1.29, 1.82) is 0 Å². The number of aromatic nitrogens is 2. The fraction of sp³-hybridized carbons (Fsp3) is 0.400. The Balaban J connectivity index is 1.54. The van der Waals surface area contributed by atoms with Gasteiger partial charge in [0.1, 0.15) is 5.82 Å². The van der Waals surface area contributed by atoms with Crippen molar-refractivity contribution in [3.05, 3.63) is 76.5 Å². The standard InChI is InChI=1S/C25H30N4/c1-18-11-12-19(2)23(16-18)29-25-21(13-14-26-25)24(27-29)22-10-6-7-15-28(22)17-20-8-4-3-5-9-20/h3-5,8-9,11-12,16,22,26H,6-7,10,13-15,17H2,1-2H3. The maximum absolute atomic E-state index is 5.23. The zero-order valence-electron chi connectivity index (χ0n) is 17.5. The third-order valence-corrected chi connectivity index (χ3v) is 6.43. The van der Waals surface area contributed by atoms with E-state index >= 15 is 0 Å². The van der Waals surface area contributed by atoms with Crippen LogP contribution >= 0.6 is 0 Å². The molecule has 4 nitrogen and oxygen atoms in total. The summed E-state index contributed by atoms with van der Waals surface area (Å²) in [4.78, 5) is 2.65. The highest BCUT2D eigenvalue weighted by Gasteiger charge is 2.32. The van der Waals surface area contributed by atoms with Crippen molar-refractivity contribution in [2.75, 3.05) is 18.4 Å². The summed E-state index contributed by atoms with van der Waals surface area (Å²) in [5, 5.41) is 8.85. The Labute approximate surface area is 173 Å². The summed E-state index contributed by atoms with van der Waals surface area (Å²) < 4.78 is 2.18. The molecule has 3 aromatic rings. The number of hydrogen-bond donors (Lipinski definition) is 1. The summed E-state index contributed by atoms with van der Waals surface area (Å²) in [7, 11) is 0. The third kappa shape index (κ3) is 3.46. The first-order valence-electron chi connectivity index (χ1n) is 10.9. The molecule has 5 rings (SSSR count). The second-order valence-electron chi connectivity index (χ2n) is 8.56. The highest BCUT2D eigenvalue weighted by Crippen LogP contribution is 2.39. The van der Waals surface area contributed by atoms with Crippen molar-refractivity contribution in [3.63, 3.8) is 0 Å². The van der Waals surface area contributed by atoms with Gasteiger partial charge in [-0.15, -0.1) is 0 Å². The second kappa shape index (κ2) is 7.68. The average Bonchev–Trinajstić information content (AvgIpc) is 3.34. The van der Waals surface area contributed by atoms with Gasteiger partial charge in [0.15, 0.2) is 0 Å². The molecule has 2 aliphatic heterocycles. The predicted octanol–water partition coefficient (Wildman–Crippen LogP) is 5.18. The third-order valence-electron chi connectivity index (χ3n) is 6.43. The number of benzene rings is 2. The van der Waals surface area contributed by atoms with Gasteiger partial charge >= 0.3 is 0 Å². The van der Waals surface area contributed by atoms with Crippen LogP contribution in [-0.2, 0) is 13.0 Å². The van der Waals surface area contributed by atoms with Crippen LogP contribution in [0.5, 0.6) is 0 Å². The minimum atomic E-state index is 0.406. The smallest absolute Gasteiger partial charge is 0.133 e. The monoisotopic (exact) mass is 386 g/mol. The average molecular weight is 387 g/mol. The second-order valence-corrected chi connectivity index (χ2v) is 8.56. The molecule has 0 aliphatic carbocycles. The lowest BCUT2D eigenvalue weighted by molar-refractivity contribution is 0.136. The van der Waals surface area contributed by atoms with E-state index in [2.05, 4.69) is 77.3 Å². The van der Waals surface area contributed by atoms with E-state index < -0.39 is 0 Å². The molecule has 1 N–H and O–H groups in total. The molecule has 1 aromatic heterocycles. The molecule has 1 atom stereocenters. The van der Waals surface area contributed by atoms with Gasteiger partial charge in [0.05, 0.1) is 17.4 Å². The summed E-state index contributed by atoms with van der Waals surface area (Å²) in [6.45, 7) is 7.50. The van der Waals surface area contributed by atoms with Crippen LogP contribution in [0.3, 0.4) is 0 Å². The quantitative estimate of drug-likeness (QED) is 0.670. The van der Waals surface area contributed by atoms with Gasteiger partial charge in [0.25, 0.3) is 0 Å². The van der Waals surface area contributed by atoms with Crippen LogP contribution in [0.25, 0.3) is 5.69 Å². The lowest BCUT2D eigenvalue weighted by Crippen LogP contribution is -2.33. The van der Waals surface area contributed by atoms with Gasteiger partial charge in [0, 0.05) is 18.7 Å². The Morgan fingerprint density at radius 2 is 1.93 bits per heavy atom.